The summed E-state index contributed by atoms with van der Waals surface area (Å²) in [5.41, 5.74) is 6.16. The molecule has 21 heavy (non-hydrogen) atoms. The molecule has 0 aliphatic carbocycles. The van der Waals surface area contributed by atoms with Crippen molar-refractivity contribution in [3.05, 3.63) is 29.8 Å². The van der Waals surface area contributed by atoms with Gasteiger partial charge in [0.05, 0.1) is 6.10 Å². The van der Waals surface area contributed by atoms with Gasteiger partial charge in [0.25, 0.3) is 0 Å². The first kappa shape index (κ1) is 15.6. The molecule has 0 amide bonds. The van der Waals surface area contributed by atoms with Crippen LogP contribution in [0, 0.1) is 0 Å². The zero-order valence-electron chi connectivity index (χ0n) is 12.3. The second kappa shape index (κ2) is 7.85. The fourth-order valence-corrected chi connectivity index (χ4v) is 2.40. The van der Waals surface area contributed by atoms with Crippen molar-refractivity contribution < 1.29 is 14.7 Å². The fraction of sp³-hybridized carbons (Fsp3) is 0.533. The molecule has 116 valence electrons. The smallest absolute Gasteiger partial charge is 0.170 e. The summed E-state index contributed by atoms with van der Waals surface area (Å²) in [5.74, 6) is 0.864. The summed E-state index contributed by atoms with van der Waals surface area (Å²) in [6, 6.07) is 7.66. The van der Waals surface area contributed by atoms with Crippen molar-refractivity contribution in [3.8, 4) is 5.75 Å². The number of rotatable bonds is 6. The highest BCUT2D eigenvalue weighted by Gasteiger charge is 2.18. The Morgan fingerprint density at radius 2 is 2.24 bits per heavy atom. The predicted octanol–water partition coefficient (Wildman–Crippen LogP) is 1.32. The standard InChI is InChI=1S/C15H23N3O3/c1-11-10-13(6-8-20-11)17-7-9-21-14-4-2-12(3-5-14)15(16)18-19/h2-5,11,13,17,19H,6-10H2,1H3,(H2,16,18). The van der Waals surface area contributed by atoms with E-state index in [1.54, 1.807) is 12.1 Å². The number of hydrogen-bond donors (Lipinski definition) is 3. The number of ether oxygens (including phenoxy) is 2. The largest absolute Gasteiger partial charge is 0.492 e. The molecule has 1 fully saturated rings. The maximum Gasteiger partial charge on any atom is 0.170 e. The maximum absolute atomic E-state index is 8.59. The monoisotopic (exact) mass is 293 g/mol. The Kier molecular flexibility index (Phi) is 5.83. The van der Waals surface area contributed by atoms with E-state index in [0.717, 1.165) is 31.7 Å². The lowest BCUT2D eigenvalue weighted by Gasteiger charge is -2.28. The Hall–Kier alpha value is -1.79. The van der Waals surface area contributed by atoms with Crippen LogP contribution in [0.5, 0.6) is 5.75 Å². The second-order valence-electron chi connectivity index (χ2n) is 5.21. The molecule has 1 aromatic carbocycles. The summed E-state index contributed by atoms with van der Waals surface area (Å²) in [6.45, 7) is 4.34. The lowest BCUT2D eigenvalue weighted by Crippen LogP contribution is -2.39. The molecule has 0 spiro atoms. The van der Waals surface area contributed by atoms with Crippen LogP contribution < -0.4 is 15.8 Å². The zero-order chi connectivity index (χ0) is 15.1. The molecule has 0 saturated carbocycles. The van der Waals surface area contributed by atoms with Gasteiger partial charge in [0, 0.05) is 24.8 Å². The van der Waals surface area contributed by atoms with E-state index in [9.17, 15) is 0 Å². The van der Waals surface area contributed by atoms with Crippen molar-refractivity contribution in [2.24, 2.45) is 10.9 Å². The van der Waals surface area contributed by atoms with Gasteiger partial charge in [0.15, 0.2) is 5.84 Å². The van der Waals surface area contributed by atoms with Crippen molar-refractivity contribution in [1.29, 1.82) is 0 Å². The molecule has 1 saturated heterocycles. The summed E-state index contributed by atoms with van der Waals surface area (Å²) >= 11 is 0. The minimum atomic E-state index is 0.0943. The molecule has 0 aromatic heterocycles. The molecule has 1 aromatic rings. The predicted molar refractivity (Wildman–Crippen MR) is 80.9 cm³/mol. The summed E-state index contributed by atoms with van der Waals surface area (Å²) in [6.07, 6.45) is 2.44. The molecule has 1 heterocycles. The van der Waals surface area contributed by atoms with Crippen molar-refractivity contribution in [2.75, 3.05) is 19.8 Å². The van der Waals surface area contributed by atoms with Gasteiger partial charge in [-0.1, -0.05) is 5.16 Å². The molecule has 2 rings (SSSR count). The average molecular weight is 293 g/mol. The van der Waals surface area contributed by atoms with Gasteiger partial charge in [-0.2, -0.15) is 0 Å². The van der Waals surface area contributed by atoms with E-state index in [1.165, 1.54) is 0 Å². The highest BCUT2D eigenvalue weighted by atomic mass is 16.5. The minimum Gasteiger partial charge on any atom is -0.492 e. The summed E-state index contributed by atoms with van der Waals surface area (Å²) in [4.78, 5) is 0. The molecule has 2 atom stereocenters. The summed E-state index contributed by atoms with van der Waals surface area (Å²) < 4.78 is 11.2. The van der Waals surface area contributed by atoms with Crippen molar-refractivity contribution in [2.45, 2.75) is 31.9 Å². The third kappa shape index (κ3) is 4.91. The van der Waals surface area contributed by atoms with Gasteiger partial charge in [-0.15, -0.1) is 0 Å². The molecular weight excluding hydrogens is 270 g/mol. The molecule has 2 unspecified atom stereocenters. The lowest BCUT2D eigenvalue weighted by molar-refractivity contribution is 0.0129. The van der Waals surface area contributed by atoms with Gasteiger partial charge in [-0.25, -0.2) is 0 Å². The third-order valence-corrected chi connectivity index (χ3v) is 3.55. The number of nitrogens with zero attached hydrogens (tertiary/aromatic N) is 1. The molecule has 6 nitrogen and oxygen atoms in total. The van der Waals surface area contributed by atoms with Crippen LogP contribution >= 0.6 is 0 Å². The van der Waals surface area contributed by atoms with Gasteiger partial charge in [0.2, 0.25) is 0 Å². The first-order valence-electron chi connectivity index (χ1n) is 7.25. The normalized spacial score (nSPS) is 23.0. The van der Waals surface area contributed by atoms with Crippen LogP contribution in [0.15, 0.2) is 29.4 Å². The van der Waals surface area contributed by atoms with E-state index in [4.69, 9.17) is 20.4 Å². The Labute approximate surface area is 124 Å². The first-order valence-corrected chi connectivity index (χ1v) is 7.25. The van der Waals surface area contributed by atoms with E-state index in [-0.39, 0.29) is 5.84 Å². The van der Waals surface area contributed by atoms with Crippen LogP contribution in [-0.2, 0) is 4.74 Å². The van der Waals surface area contributed by atoms with Crippen molar-refractivity contribution >= 4 is 5.84 Å². The Morgan fingerprint density at radius 1 is 1.48 bits per heavy atom. The van der Waals surface area contributed by atoms with Gasteiger partial charge < -0.3 is 25.7 Å². The van der Waals surface area contributed by atoms with Crippen LogP contribution in [0.1, 0.15) is 25.3 Å². The van der Waals surface area contributed by atoms with E-state index in [2.05, 4.69) is 17.4 Å². The van der Waals surface area contributed by atoms with Crippen LogP contribution in [0.4, 0.5) is 0 Å². The summed E-state index contributed by atoms with van der Waals surface area (Å²) in [7, 11) is 0. The number of nitrogens with two attached hydrogens (primary N) is 1. The minimum absolute atomic E-state index is 0.0943. The first-order chi connectivity index (χ1) is 10.2. The maximum atomic E-state index is 8.59. The van der Waals surface area contributed by atoms with Gasteiger partial charge in [-0.3, -0.25) is 0 Å². The second-order valence-corrected chi connectivity index (χ2v) is 5.21. The summed E-state index contributed by atoms with van der Waals surface area (Å²) in [5, 5.41) is 15.0. The van der Waals surface area contributed by atoms with Crippen molar-refractivity contribution in [3.63, 3.8) is 0 Å². The molecule has 1 aliphatic heterocycles. The van der Waals surface area contributed by atoms with Crippen molar-refractivity contribution in [1.82, 2.24) is 5.32 Å². The van der Waals surface area contributed by atoms with Gasteiger partial charge >= 0.3 is 0 Å². The SMILES string of the molecule is CC1CC(NCCOc2ccc(/C(N)=N/O)cc2)CCO1. The highest BCUT2D eigenvalue weighted by Crippen LogP contribution is 2.14. The third-order valence-electron chi connectivity index (χ3n) is 3.55. The lowest BCUT2D eigenvalue weighted by atomic mass is 10.0. The Bertz CT molecular complexity index is 462. The number of amidine groups is 1. The molecule has 1 aliphatic rings. The number of nitrogens with one attached hydrogen (secondary N) is 1. The quantitative estimate of drug-likeness (QED) is 0.242. The van der Waals surface area contributed by atoms with Gasteiger partial charge in [-0.05, 0) is 44.0 Å². The van der Waals surface area contributed by atoms with E-state index < -0.39 is 0 Å². The molecule has 4 N–H and O–H groups in total. The van der Waals surface area contributed by atoms with Crippen LogP contribution in [0.2, 0.25) is 0 Å². The van der Waals surface area contributed by atoms with Crippen LogP contribution in [0.3, 0.4) is 0 Å². The highest BCUT2D eigenvalue weighted by molar-refractivity contribution is 5.97. The topological polar surface area (TPSA) is 89.1 Å². The van der Waals surface area contributed by atoms with E-state index in [0.29, 0.717) is 24.3 Å². The van der Waals surface area contributed by atoms with Gasteiger partial charge in [0.1, 0.15) is 12.4 Å². The molecule has 6 heteroatoms. The molecule has 0 radical (unpaired) electrons. The molecule has 0 bridgehead atoms. The van der Waals surface area contributed by atoms with E-state index >= 15 is 0 Å². The fourth-order valence-electron chi connectivity index (χ4n) is 2.40. The number of benzene rings is 1. The van der Waals surface area contributed by atoms with E-state index in [1.807, 2.05) is 12.1 Å². The number of hydrogen-bond acceptors (Lipinski definition) is 5. The zero-order valence-corrected chi connectivity index (χ0v) is 12.3. The molecular formula is C15H23N3O3. The van der Waals surface area contributed by atoms with Crippen LogP contribution in [-0.4, -0.2) is 42.9 Å². The Morgan fingerprint density at radius 3 is 2.90 bits per heavy atom. The number of oxime groups is 1. The average Bonchev–Trinajstić information content (AvgIpc) is 2.51. The Balaban J connectivity index is 1.69. The van der Waals surface area contributed by atoms with Crippen LogP contribution in [0.25, 0.3) is 0 Å².